The van der Waals surface area contributed by atoms with Crippen LogP contribution in [0, 0.1) is 0 Å². The Hall–Kier alpha value is -3.17. The Labute approximate surface area is 200 Å². The van der Waals surface area contributed by atoms with Crippen molar-refractivity contribution >= 4 is 28.4 Å². The van der Waals surface area contributed by atoms with Crippen molar-refractivity contribution < 1.29 is 9.53 Å². The highest BCUT2D eigenvalue weighted by Gasteiger charge is 2.30. The molecule has 2 aromatic heterocycles. The number of carbonyl (C=O) groups is 1. The van der Waals surface area contributed by atoms with Crippen LogP contribution in [-0.4, -0.2) is 95.7 Å². The van der Waals surface area contributed by atoms with E-state index in [1.807, 2.05) is 42.6 Å². The van der Waals surface area contributed by atoms with Crippen LogP contribution in [-0.2, 0) is 9.53 Å². The van der Waals surface area contributed by atoms with E-state index >= 15 is 0 Å². The number of piperidine rings is 1. The molecule has 0 aliphatic carbocycles. The van der Waals surface area contributed by atoms with E-state index in [9.17, 15) is 4.79 Å². The van der Waals surface area contributed by atoms with E-state index in [0.29, 0.717) is 6.54 Å². The highest BCUT2D eigenvalue weighted by atomic mass is 16.5. The van der Waals surface area contributed by atoms with Gasteiger partial charge in [0.25, 0.3) is 0 Å². The number of nitrogens with zero attached hydrogens (tertiary/aromatic N) is 5. The largest absolute Gasteiger partial charge is 0.379 e. The lowest BCUT2D eigenvalue weighted by Crippen LogP contribution is -2.54. The Balaban J connectivity index is 1.30. The lowest BCUT2D eigenvalue weighted by Gasteiger charge is -2.41. The smallest absolute Gasteiger partial charge is 0.242 e. The van der Waals surface area contributed by atoms with Crippen molar-refractivity contribution in [3.63, 3.8) is 0 Å². The van der Waals surface area contributed by atoms with Crippen molar-refractivity contribution in [2.75, 3.05) is 69.2 Å². The molecule has 9 nitrogen and oxygen atoms in total. The molecule has 9 heteroatoms. The normalized spacial score (nSPS) is 19.3. The second-order valence-corrected chi connectivity index (χ2v) is 8.94. The first kappa shape index (κ1) is 22.6. The van der Waals surface area contributed by atoms with Crippen molar-refractivity contribution in [3.05, 3.63) is 48.9 Å². The molecule has 4 heterocycles. The summed E-state index contributed by atoms with van der Waals surface area (Å²) in [6.07, 6.45) is 5.53. The number of carbonyl (C=O) groups excluding carboxylic acids is 1. The lowest BCUT2D eigenvalue weighted by molar-refractivity contribution is -0.132. The number of amides is 1. The average Bonchev–Trinajstić information content (AvgIpc) is 3.38. The van der Waals surface area contributed by atoms with Crippen LogP contribution in [0.25, 0.3) is 11.0 Å². The maximum Gasteiger partial charge on any atom is 0.242 e. The SMILES string of the molecule is O=C(CNc1ccccc1)N(CCN1CCOCC1)C1CCCN(c2ncnc3[nH]ccc23)C1. The molecule has 34 heavy (non-hydrogen) atoms. The van der Waals surface area contributed by atoms with Crippen LogP contribution in [0.15, 0.2) is 48.9 Å². The third kappa shape index (κ3) is 5.31. The van der Waals surface area contributed by atoms with Crippen LogP contribution in [0.5, 0.6) is 0 Å². The molecule has 0 bridgehead atoms. The van der Waals surface area contributed by atoms with Gasteiger partial charge in [-0.2, -0.15) is 0 Å². The fraction of sp³-hybridized carbons (Fsp3) is 0.480. The number of fused-ring (bicyclic) bond motifs is 1. The Bertz CT molecular complexity index is 1070. The topological polar surface area (TPSA) is 89.6 Å². The Morgan fingerprint density at radius 2 is 2.00 bits per heavy atom. The van der Waals surface area contributed by atoms with Crippen molar-refractivity contribution in [1.82, 2.24) is 24.8 Å². The summed E-state index contributed by atoms with van der Waals surface area (Å²) in [6, 6.07) is 12.1. The second-order valence-electron chi connectivity index (χ2n) is 8.94. The number of aromatic amines is 1. The molecule has 1 unspecified atom stereocenters. The van der Waals surface area contributed by atoms with Gasteiger partial charge in [0, 0.05) is 57.2 Å². The number of nitrogens with one attached hydrogen (secondary N) is 2. The van der Waals surface area contributed by atoms with Gasteiger partial charge in [0.15, 0.2) is 0 Å². The molecule has 1 aromatic carbocycles. The van der Waals surface area contributed by atoms with Crippen LogP contribution in [0.4, 0.5) is 11.5 Å². The van der Waals surface area contributed by atoms with Gasteiger partial charge in [0.1, 0.15) is 17.8 Å². The number of anilines is 2. The molecular weight excluding hydrogens is 430 g/mol. The third-order valence-electron chi connectivity index (χ3n) is 6.77. The predicted octanol–water partition coefficient (Wildman–Crippen LogP) is 2.20. The molecule has 2 aliphatic heterocycles. The average molecular weight is 464 g/mol. The van der Waals surface area contributed by atoms with Crippen molar-refractivity contribution in [3.8, 4) is 0 Å². The van der Waals surface area contributed by atoms with Crippen LogP contribution in [0.1, 0.15) is 12.8 Å². The highest BCUT2D eigenvalue weighted by Crippen LogP contribution is 2.26. The van der Waals surface area contributed by atoms with E-state index in [1.165, 1.54) is 0 Å². The zero-order chi connectivity index (χ0) is 23.2. The lowest BCUT2D eigenvalue weighted by atomic mass is 10.0. The summed E-state index contributed by atoms with van der Waals surface area (Å²) in [4.78, 5) is 32.4. The van der Waals surface area contributed by atoms with E-state index in [2.05, 4.69) is 35.0 Å². The minimum absolute atomic E-state index is 0.137. The number of H-pyrrole nitrogens is 1. The molecule has 3 aromatic rings. The van der Waals surface area contributed by atoms with Crippen LogP contribution >= 0.6 is 0 Å². The number of hydrogen-bond donors (Lipinski definition) is 2. The van der Waals surface area contributed by atoms with E-state index in [-0.39, 0.29) is 11.9 Å². The first-order valence-electron chi connectivity index (χ1n) is 12.2. The summed E-state index contributed by atoms with van der Waals surface area (Å²) in [5.74, 6) is 1.08. The van der Waals surface area contributed by atoms with Gasteiger partial charge < -0.3 is 24.8 Å². The molecule has 1 atom stereocenters. The molecule has 2 saturated heterocycles. The van der Waals surface area contributed by atoms with Gasteiger partial charge >= 0.3 is 0 Å². The molecule has 180 valence electrons. The van der Waals surface area contributed by atoms with E-state index in [0.717, 1.165) is 87.9 Å². The summed E-state index contributed by atoms with van der Waals surface area (Å²) in [7, 11) is 0. The van der Waals surface area contributed by atoms with Crippen LogP contribution in [0.2, 0.25) is 0 Å². The number of rotatable bonds is 8. The van der Waals surface area contributed by atoms with Gasteiger partial charge in [-0.25, -0.2) is 9.97 Å². The highest BCUT2D eigenvalue weighted by molar-refractivity contribution is 5.87. The maximum absolute atomic E-state index is 13.5. The first-order chi connectivity index (χ1) is 16.8. The monoisotopic (exact) mass is 463 g/mol. The molecule has 0 radical (unpaired) electrons. The van der Waals surface area contributed by atoms with Crippen LogP contribution in [0.3, 0.4) is 0 Å². The first-order valence-corrected chi connectivity index (χ1v) is 12.2. The van der Waals surface area contributed by atoms with Gasteiger partial charge in [-0.1, -0.05) is 18.2 Å². The number of morpholine rings is 1. The zero-order valence-corrected chi connectivity index (χ0v) is 19.5. The molecule has 1 amide bonds. The minimum Gasteiger partial charge on any atom is -0.379 e. The van der Waals surface area contributed by atoms with Crippen molar-refractivity contribution in [2.45, 2.75) is 18.9 Å². The zero-order valence-electron chi connectivity index (χ0n) is 19.5. The summed E-state index contributed by atoms with van der Waals surface area (Å²) >= 11 is 0. The Kier molecular flexibility index (Phi) is 7.21. The van der Waals surface area contributed by atoms with Gasteiger partial charge in [-0.3, -0.25) is 9.69 Å². The molecule has 2 aliphatic rings. The molecular formula is C25H33N7O2. The number of benzene rings is 1. The maximum atomic E-state index is 13.5. The Morgan fingerprint density at radius 1 is 1.15 bits per heavy atom. The van der Waals surface area contributed by atoms with E-state index in [1.54, 1.807) is 6.33 Å². The molecule has 0 saturated carbocycles. The van der Waals surface area contributed by atoms with Gasteiger partial charge in [-0.15, -0.1) is 0 Å². The van der Waals surface area contributed by atoms with Crippen molar-refractivity contribution in [1.29, 1.82) is 0 Å². The summed E-state index contributed by atoms with van der Waals surface area (Å²) in [5, 5.41) is 4.33. The quantitative estimate of drug-likeness (QED) is 0.529. The molecule has 2 fully saturated rings. The Morgan fingerprint density at radius 3 is 2.85 bits per heavy atom. The standard InChI is InChI=1S/C25H33N7O2/c33-23(17-27-20-5-2-1-3-6-20)32(12-11-30-13-15-34-16-14-30)21-7-4-10-31(18-21)25-22-8-9-26-24(22)28-19-29-25/h1-3,5-6,8-9,19,21,27H,4,7,10-18H2,(H,26,28,29). The fourth-order valence-electron chi connectivity index (χ4n) is 4.93. The summed E-state index contributed by atoms with van der Waals surface area (Å²) in [5.41, 5.74) is 1.81. The number of ether oxygens (including phenoxy) is 1. The second kappa shape index (κ2) is 10.8. The minimum atomic E-state index is 0.137. The van der Waals surface area contributed by atoms with Crippen molar-refractivity contribution in [2.24, 2.45) is 0 Å². The third-order valence-corrected chi connectivity index (χ3v) is 6.77. The number of para-hydroxylation sites is 1. The van der Waals surface area contributed by atoms with Gasteiger partial charge in [0.2, 0.25) is 5.91 Å². The molecule has 0 spiro atoms. The predicted molar refractivity (Wildman–Crippen MR) is 133 cm³/mol. The summed E-state index contributed by atoms with van der Waals surface area (Å²) in [6.45, 7) is 6.96. The molecule has 5 rings (SSSR count). The van der Waals surface area contributed by atoms with Crippen LogP contribution < -0.4 is 10.2 Å². The van der Waals surface area contributed by atoms with E-state index in [4.69, 9.17) is 4.74 Å². The van der Waals surface area contributed by atoms with Gasteiger partial charge in [-0.05, 0) is 31.0 Å². The summed E-state index contributed by atoms with van der Waals surface area (Å²) < 4.78 is 5.50. The fourth-order valence-corrected chi connectivity index (χ4v) is 4.93. The number of aromatic nitrogens is 3. The number of hydrogen-bond acceptors (Lipinski definition) is 7. The molecule has 2 N–H and O–H groups in total. The van der Waals surface area contributed by atoms with E-state index < -0.39 is 0 Å². The van der Waals surface area contributed by atoms with Gasteiger partial charge in [0.05, 0.1) is 25.1 Å².